The summed E-state index contributed by atoms with van der Waals surface area (Å²) in [4.78, 5) is 47.0. The van der Waals surface area contributed by atoms with Gasteiger partial charge in [0.25, 0.3) is 0 Å². The predicted octanol–water partition coefficient (Wildman–Crippen LogP) is 5.91. The third-order valence-corrected chi connectivity index (χ3v) is 10.0. The van der Waals surface area contributed by atoms with Crippen molar-refractivity contribution in [2.75, 3.05) is 7.05 Å². The lowest BCUT2D eigenvalue weighted by Gasteiger charge is -2.30. The number of alkyl carbamates (subject to hydrolysis) is 1. The van der Waals surface area contributed by atoms with Crippen molar-refractivity contribution in [2.24, 2.45) is 5.92 Å². The maximum Gasteiger partial charge on any atom is 0.407 e. The molecule has 4 amide bonds. The van der Waals surface area contributed by atoms with Gasteiger partial charge in [0, 0.05) is 30.6 Å². The molecule has 0 radical (unpaired) electrons. The molecule has 2 aromatic carbocycles. The van der Waals surface area contributed by atoms with Crippen LogP contribution in [-0.4, -0.2) is 68.7 Å². The molecule has 2 aromatic heterocycles. The molecule has 268 valence electrons. The van der Waals surface area contributed by atoms with Gasteiger partial charge in [0.05, 0.1) is 34.3 Å². The van der Waals surface area contributed by atoms with Crippen LogP contribution in [0.2, 0.25) is 0 Å². The molecule has 50 heavy (non-hydrogen) atoms. The summed E-state index contributed by atoms with van der Waals surface area (Å²) in [6, 6.07) is 18.6. The van der Waals surface area contributed by atoms with Crippen LogP contribution in [0.25, 0.3) is 0 Å². The molecule has 0 saturated heterocycles. The number of benzene rings is 2. The number of aliphatic hydroxyl groups is 1. The molecule has 4 rings (SSSR count). The van der Waals surface area contributed by atoms with E-state index in [2.05, 4.69) is 39.2 Å². The van der Waals surface area contributed by atoms with Crippen molar-refractivity contribution in [3.63, 3.8) is 0 Å². The summed E-state index contributed by atoms with van der Waals surface area (Å²) >= 11 is 2.81. The smallest absolute Gasteiger partial charge is 0.407 e. The SMILES string of the molecule is CC(C)c1nc(CN(C)C(=O)N[C@H](C(=O)N[C@@H](Cc2ccccc2)C[C@H](O)[C@H](Cc2ccccc2)NC(=O)OCc2ccns2)C(C)C)cs1. The average molecular weight is 721 g/mol. The Hall–Kier alpha value is -4.33. The Labute approximate surface area is 302 Å². The van der Waals surface area contributed by atoms with Crippen LogP contribution in [0, 0.1) is 5.92 Å². The predicted molar refractivity (Wildman–Crippen MR) is 197 cm³/mol. The zero-order chi connectivity index (χ0) is 36.0. The van der Waals surface area contributed by atoms with E-state index in [1.54, 1.807) is 30.6 Å². The molecule has 4 atom stereocenters. The number of aliphatic hydroxyl groups excluding tert-OH is 1. The van der Waals surface area contributed by atoms with Crippen LogP contribution in [0.1, 0.15) is 66.7 Å². The van der Waals surface area contributed by atoms with Gasteiger partial charge in [-0.05, 0) is 53.9 Å². The molecule has 0 unspecified atom stereocenters. The third kappa shape index (κ3) is 12.2. The van der Waals surface area contributed by atoms with E-state index in [1.807, 2.05) is 79.9 Å². The van der Waals surface area contributed by atoms with E-state index in [0.29, 0.717) is 25.3 Å². The number of hydrogen-bond acceptors (Lipinski definition) is 9. The van der Waals surface area contributed by atoms with Crippen LogP contribution < -0.4 is 16.0 Å². The number of urea groups is 1. The van der Waals surface area contributed by atoms with Gasteiger partial charge in [0.2, 0.25) is 5.91 Å². The summed E-state index contributed by atoms with van der Waals surface area (Å²) < 4.78 is 9.46. The monoisotopic (exact) mass is 720 g/mol. The lowest BCUT2D eigenvalue weighted by molar-refractivity contribution is -0.124. The Bertz CT molecular complexity index is 1620. The highest BCUT2D eigenvalue weighted by molar-refractivity contribution is 7.09. The standard InChI is InChI=1S/C37H48N6O5S2/c1-24(2)33(42-36(46)43(5)21-29-23-49-35(40-29)25(3)4)34(45)39-28(18-26-12-8-6-9-13-26)20-32(44)31(19-27-14-10-7-11-15-27)41-37(47)48-22-30-16-17-38-50-30/h6-17,23-25,28,31-33,44H,18-22H2,1-5H3,(H,39,45)(H,41,47)(H,42,46)/t28-,31-,32-,33-/m0/s1. The maximum atomic E-state index is 13.9. The minimum absolute atomic E-state index is 0.0671. The van der Waals surface area contributed by atoms with Crippen molar-refractivity contribution in [3.8, 4) is 0 Å². The van der Waals surface area contributed by atoms with Crippen LogP contribution in [0.5, 0.6) is 0 Å². The molecule has 0 aliphatic rings. The van der Waals surface area contributed by atoms with E-state index in [1.165, 1.54) is 16.4 Å². The fourth-order valence-electron chi connectivity index (χ4n) is 5.39. The molecule has 11 nitrogen and oxygen atoms in total. The van der Waals surface area contributed by atoms with Gasteiger partial charge in [-0.25, -0.2) is 18.9 Å². The van der Waals surface area contributed by atoms with Crippen LogP contribution in [-0.2, 0) is 35.5 Å². The largest absolute Gasteiger partial charge is 0.444 e. The van der Waals surface area contributed by atoms with Gasteiger partial charge in [-0.15, -0.1) is 11.3 Å². The fraction of sp³-hybridized carbons (Fsp3) is 0.432. The Balaban J connectivity index is 1.46. The molecule has 0 fully saturated rings. The van der Waals surface area contributed by atoms with Crippen LogP contribution in [0.15, 0.2) is 78.3 Å². The van der Waals surface area contributed by atoms with Gasteiger partial charge >= 0.3 is 12.1 Å². The lowest BCUT2D eigenvalue weighted by Crippen LogP contribution is -2.55. The van der Waals surface area contributed by atoms with E-state index in [-0.39, 0.29) is 30.9 Å². The number of amides is 4. The van der Waals surface area contributed by atoms with E-state index in [0.717, 1.165) is 26.7 Å². The molecule has 0 aliphatic heterocycles. The number of hydrogen-bond donors (Lipinski definition) is 4. The first-order valence-electron chi connectivity index (χ1n) is 16.8. The molecule has 4 aromatic rings. The molecule has 13 heteroatoms. The van der Waals surface area contributed by atoms with Gasteiger partial charge in [-0.2, -0.15) is 0 Å². The first-order valence-corrected chi connectivity index (χ1v) is 18.5. The minimum atomic E-state index is -1.05. The molecule has 0 bridgehead atoms. The number of aromatic nitrogens is 2. The molecular formula is C37H48N6O5S2. The zero-order valence-electron chi connectivity index (χ0n) is 29.2. The molecule has 0 saturated carbocycles. The topological polar surface area (TPSA) is 146 Å². The number of thiazole rings is 1. The summed E-state index contributed by atoms with van der Waals surface area (Å²) in [5.74, 6) is -0.277. The first kappa shape index (κ1) is 38.5. The van der Waals surface area contributed by atoms with Gasteiger partial charge < -0.3 is 30.7 Å². The zero-order valence-corrected chi connectivity index (χ0v) is 30.9. The quantitative estimate of drug-likeness (QED) is 0.106. The van der Waals surface area contributed by atoms with Crippen molar-refractivity contribution in [1.29, 1.82) is 0 Å². The number of carbonyl (C=O) groups is 3. The van der Waals surface area contributed by atoms with Crippen LogP contribution >= 0.6 is 22.9 Å². The van der Waals surface area contributed by atoms with E-state index >= 15 is 0 Å². The van der Waals surface area contributed by atoms with E-state index in [4.69, 9.17) is 4.74 Å². The van der Waals surface area contributed by atoms with E-state index < -0.39 is 30.3 Å². The minimum Gasteiger partial charge on any atom is -0.444 e. The van der Waals surface area contributed by atoms with Gasteiger partial charge in [-0.3, -0.25) is 4.79 Å². The summed E-state index contributed by atoms with van der Waals surface area (Å²) in [5, 5.41) is 23.5. The summed E-state index contributed by atoms with van der Waals surface area (Å²) in [6.07, 6.45) is 0.840. The lowest BCUT2D eigenvalue weighted by atomic mass is 9.93. The number of rotatable bonds is 17. The maximum absolute atomic E-state index is 13.9. The second kappa shape index (κ2) is 19.2. The second-order valence-electron chi connectivity index (χ2n) is 13.1. The summed E-state index contributed by atoms with van der Waals surface area (Å²) in [7, 11) is 1.68. The number of nitrogens with one attached hydrogen (secondary N) is 3. The van der Waals surface area contributed by atoms with Crippen molar-refractivity contribution < 1.29 is 24.2 Å². The molecule has 0 spiro atoms. The van der Waals surface area contributed by atoms with Crippen LogP contribution in [0.3, 0.4) is 0 Å². The highest BCUT2D eigenvalue weighted by atomic mass is 32.1. The van der Waals surface area contributed by atoms with Crippen molar-refractivity contribution in [2.45, 2.75) is 90.3 Å². The number of nitrogens with zero attached hydrogens (tertiary/aromatic N) is 3. The first-order chi connectivity index (χ1) is 24.0. The van der Waals surface area contributed by atoms with E-state index in [9.17, 15) is 19.5 Å². The highest BCUT2D eigenvalue weighted by Crippen LogP contribution is 2.20. The van der Waals surface area contributed by atoms with Gasteiger partial charge in [0.15, 0.2) is 0 Å². The Morgan fingerprint density at radius 3 is 2.14 bits per heavy atom. The second-order valence-corrected chi connectivity index (χ2v) is 14.9. The number of ether oxygens (including phenoxy) is 1. The Morgan fingerprint density at radius 2 is 1.56 bits per heavy atom. The molecule has 0 aliphatic carbocycles. The molecular weight excluding hydrogens is 673 g/mol. The van der Waals surface area contributed by atoms with Crippen molar-refractivity contribution in [1.82, 2.24) is 30.2 Å². The van der Waals surface area contributed by atoms with Crippen molar-refractivity contribution >= 4 is 40.9 Å². The normalized spacial score (nSPS) is 13.7. The average Bonchev–Trinajstić information content (AvgIpc) is 3.79. The summed E-state index contributed by atoms with van der Waals surface area (Å²) in [5.41, 5.74) is 2.69. The molecule has 2 heterocycles. The van der Waals surface area contributed by atoms with Crippen LogP contribution in [0.4, 0.5) is 9.59 Å². The summed E-state index contributed by atoms with van der Waals surface area (Å²) in [6.45, 7) is 8.28. The number of carbonyl (C=O) groups excluding carboxylic acids is 3. The van der Waals surface area contributed by atoms with Gasteiger partial charge in [0.1, 0.15) is 12.6 Å². The Kier molecular flexibility index (Phi) is 14.7. The molecule has 4 N–H and O–H groups in total. The van der Waals surface area contributed by atoms with Gasteiger partial charge in [-0.1, -0.05) is 88.4 Å². The Morgan fingerprint density at radius 1 is 0.900 bits per heavy atom. The third-order valence-electron chi connectivity index (χ3n) is 8.14. The highest BCUT2D eigenvalue weighted by Gasteiger charge is 2.31. The van der Waals surface area contributed by atoms with Crippen molar-refractivity contribution in [3.05, 3.63) is 105 Å². The fourth-order valence-corrected chi connectivity index (χ4v) is 6.71.